The average Bonchev–Trinajstić information content (AvgIpc) is 2.37. The van der Waals surface area contributed by atoms with Crippen LogP contribution >= 0.6 is 0 Å². The van der Waals surface area contributed by atoms with Gasteiger partial charge in [-0.25, -0.2) is 0 Å². The molecule has 90 valence electrons. The Hall–Kier alpha value is -1.61. The van der Waals surface area contributed by atoms with Crippen LogP contribution in [0.3, 0.4) is 0 Å². The molecule has 0 unspecified atom stereocenters. The van der Waals surface area contributed by atoms with E-state index >= 15 is 0 Å². The molecule has 0 saturated carbocycles. The normalized spacial score (nSPS) is 11.8. The molecule has 3 nitrogen and oxygen atoms in total. The fraction of sp³-hybridized carbons (Fsp3) is 0.357. The zero-order valence-electron chi connectivity index (χ0n) is 10.7. The van der Waals surface area contributed by atoms with E-state index in [1.54, 1.807) is 7.11 Å². The summed E-state index contributed by atoms with van der Waals surface area (Å²) < 4.78 is 5.28. The van der Waals surface area contributed by atoms with Gasteiger partial charge in [0.15, 0.2) is 0 Å². The molecule has 0 fully saturated rings. The minimum absolute atomic E-state index is 0.161. The first-order chi connectivity index (χ1) is 8.08. The van der Waals surface area contributed by atoms with Gasteiger partial charge in [0.2, 0.25) is 0 Å². The molecule has 1 aromatic carbocycles. The highest BCUT2D eigenvalue weighted by Gasteiger charge is 2.22. The van der Waals surface area contributed by atoms with Crippen molar-refractivity contribution in [3.05, 3.63) is 36.2 Å². The van der Waals surface area contributed by atoms with Gasteiger partial charge < -0.3 is 10.1 Å². The number of ether oxygens (including phenoxy) is 1. The molecular weight excluding hydrogens is 212 g/mol. The predicted molar refractivity (Wildman–Crippen MR) is 70.4 cm³/mol. The predicted octanol–water partition coefficient (Wildman–Crippen LogP) is 2.70. The molecule has 3 heteroatoms. The van der Waals surface area contributed by atoms with E-state index in [0.29, 0.717) is 0 Å². The first-order valence-electron chi connectivity index (χ1n) is 5.70. The van der Waals surface area contributed by atoms with E-state index in [2.05, 4.69) is 30.2 Å². The molecular formula is C14H18N2O. The number of fused-ring (bicyclic) bond motifs is 1. The van der Waals surface area contributed by atoms with Crippen LogP contribution in [0.5, 0.6) is 5.75 Å². The lowest BCUT2D eigenvalue weighted by Crippen LogP contribution is -2.34. The van der Waals surface area contributed by atoms with Gasteiger partial charge in [-0.3, -0.25) is 4.98 Å². The van der Waals surface area contributed by atoms with Crippen LogP contribution in [0, 0.1) is 0 Å². The van der Waals surface area contributed by atoms with Gasteiger partial charge in [-0.05, 0) is 44.5 Å². The number of hydrogen-bond acceptors (Lipinski definition) is 3. The van der Waals surface area contributed by atoms with E-state index in [0.717, 1.165) is 16.8 Å². The molecule has 0 radical (unpaired) electrons. The first-order valence-corrected chi connectivity index (χ1v) is 5.70. The summed E-state index contributed by atoms with van der Waals surface area (Å²) in [5.74, 6) is 0.860. The van der Waals surface area contributed by atoms with Crippen molar-refractivity contribution in [3.63, 3.8) is 0 Å². The molecule has 1 heterocycles. The van der Waals surface area contributed by atoms with Gasteiger partial charge in [-0.15, -0.1) is 0 Å². The van der Waals surface area contributed by atoms with E-state index in [1.807, 2.05) is 31.4 Å². The highest BCUT2D eigenvalue weighted by molar-refractivity contribution is 5.86. The maximum Gasteiger partial charge on any atom is 0.119 e. The minimum Gasteiger partial charge on any atom is -0.497 e. The smallest absolute Gasteiger partial charge is 0.119 e. The molecule has 0 saturated heterocycles. The number of nitrogens with zero attached hydrogens (tertiary/aromatic N) is 1. The highest BCUT2D eigenvalue weighted by Crippen LogP contribution is 2.28. The summed E-state index contributed by atoms with van der Waals surface area (Å²) in [5.41, 5.74) is 0.877. The first kappa shape index (κ1) is 11.9. The quantitative estimate of drug-likeness (QED) is 0.880. The fourth-order valence-corrected chi connectivity index (χ4v) is 1.89. The standard InChI is InChI=1S/C14H18N2O/c1-14(2,15-3)13-12-9-11(17-4)6-5-10(12)7-8-16-13/h5-9,15H,1-4H3. The number of rotatable bonds is 3. The van der Waals surface area contributed by atoms with Crippen LogP contribution in [-0.4, -0.2) is 19.1 Å². The average molecular weight is 230 g/mol. The molecule has 0 bridgehead atoms. The van der Waals surface area contributed by atoms with Gasteiger partial charge >= 0.3 is 0 Å². The summed E-state index contributed by atoms with van der Waals surface area (Å²) in [7, 11) is 3.63. The molecule has 0 aliphatic heterocycles. The Balaban J connectivity index is 2.70. The Bertz CT molecular complexity index is 535. The van der Waals surface area contributed by atoms with Crippen LogP contribution in [-0.2, 0) is 5.54 Å². The molecule has 0 atom stereocenters. The Labute approximate surface area is 102 Å². The van der Waals surface area contributed by atoms with E-state index in [9.17, 15) is 0 Å². The molecule has 0 spiro atoms. The lowest BCUT2D eigenvalue weighted by Gasteiger charge is -2.25. The minimum atomic E-state index is -0.161. The number of hydrogen-bond donors (Lipinski definition) is 1. The van der Waals surface area contributed by atoms with Crippen molar-refractivity contribution in [2.75, 3.05) is 14.2 Å². The van der Waals surface area contributed by atoms with E-state index in [-0.39, 0.29) is 5.54 Å². The SMILES string of the molecule is CNC(C)(C)c1nccc2ccc(OC)cc12. The van der Waals surface area contributed by atoms with Crippen LogP contribution in [0.1, 0.15) is 19.5 Å². The fourth-order valence-electron chi connectivity index (χ4n) is 1.89. The molecule has 2 aromatic rings. The number of nitrogens with one attached hydrogen (secondary N) is 1. The summed E-state index contributed by atoms with van der Waals surface area (Å²) in [5, 5.41) is 5.59. The van der Waals surface area contributed by atoms with Crippen molar-refractivity contribution in [2.45, 2.75) is 19.4 Å². The summed E-state index contributed by atoms with van der Waals surface area (Å²) in [6.07, 6.45) is 1.85. The van der Waals surface area contributed by atoms with Crippen LogP contribution in [0.25, 0.3) is 10.8 Å². The largest absolute Gasteiger partial charge is 0.497 e. The van der Waals surface area contributed by atoms with Crippen molar-refractivity contribution in [3.8, 4) is 5.75 Å². The van der Waals surface area contributed by atoms with E-state index in [1.165, 1.54) is 5.39 Å². The van der Waals surface area contributed by atoms with Gasteiger partial charge in [-0.1, -0.05) is 6.07 Å². The van der Waals surface area contributed by atoms with Crippen molar-refractivity contribution in [1.82, 2.24) is 10.3 Å². The molecule has 2 rings (SSSR count). The summed E-state index contributed by atoms with van der Waals surface area (Å²) in [4.78, 5) is 4.51. The van der Waals surface area contributed by atoms with Crippen molar-refractivity contribution in [1.29, 1.82) is 0 Å². The third-order valence-electron chi connectivity index (χ3n) is 3.19. The van der Waals surface area contributed by atoms with Crippen LogP contribution < -0.4 is 10.1 Å². The summed E-state index contributed by atoms with van der Waals surface area (Å²) in [6.45, 7) is 4.24. The molecule has 1 N–H and O–H groups in total. The lowest BCUT2D eigenvalue weighted by atomic mass is 9.95. The summed E-state index contributed by atoms with van der Waals surface area (Å²) >= 11 is 0. The number of pyridine rings is 1. The molecule has 0 aliphatic carbocycles. The molecule has 0 aliphatic rings. The van der Waals surface area contributed by atoms with Gasteiger partial charge in [0, 0.05) is 11.6 Å². The van der Waals surface area contributed by atoms with Gasteiger partial charge in [0.05, 0.1) is 18.3 Å². The van der Waals surface area contributed by atoms with Crippen LogP contribution in [0.15, 0.2) is 30.5 Å². The molecule has 0 amide bonds. The highest BCUT2D eigenvalue weighted by atomic mass is 16.5. The maximum atomic E-state index is 5.28. The zero-order valence-corrected chi connectivity index (χ0v) is 10.7. The second-order valence-corrected chi connectivity index (χ2v) is 4.62. The lowest BCUT2D eigenvalue weighted by molar-refractivity contribution is 0.414. The second-order valence-electron chi connectivity index (χ2n) is 4.62. The Morgan fingerprint density at radius 1 is 1.24 bits per heavy atom. The van der Waals surface area contributed by atoms with Gasteiger partial charge in [0.25, 0.3) is 0 Å². The Morgan fingerprint density at radius 2 is 2.00 bits per heavy atom. The van der Waals surface area contributed by atoms with Crippen molar-refractivity contribution >= 4 is 10.8 Å². The van der Waals surface area contributed by atoms with Crippen molar-refractivity contribution < 1.29 is 4.74 Å². The van der Waals surface area contributed by atoms with E-state index in [4.69, 9.17) is 4.74 Å². The molecule has 1 aromatic heterocycles. The monoisotopic (exact) mass is 230 g/mol. The third kappa shape index (κ3) is 2.11. The van der Waals surface area contributed by atoms with E-state index < -0.39 is 0 Å². The summed E-state index contributed by atoms with van der Waals surface area (Å²) in [6, 6.07) is 8.09. The van der Waals surface area contributed by atoms with Crippen molar-refractivity contribution in [2.24, 2.45) is 0 Å². The second kappa shape index (κ2) is 4.34. The van der Waals surface area contributed by atoms with Gasteiger partial charge in [-0.2, -0.15) is 0 Å². The van der Waals surface area contributed by atoms with Crippen LogP contribution in [0.2, 0.25) is 0 Å². The maximum absolute atomic E-state index is 5.28. The number of aromatic nitrogens is 1. The third-order valence-corrected chi connectivity index (χ3v) is 3.19. The molecule has 17 heavy (non-hydrogen) atoms. The Kier molecular flexibility index (Phi) is 3.03. The number of benzene rings is 1. The number of methoxy groups -OCH3 is 1. The van der Waals surface area contributed by atoms with Crippen LogP contribution in [0.4, 0.5) is 0 Å². The van der Waals surface area contributed by atoms with Gasteiger partial charge in [0.1, 0.15) is 5.75 Å². The zero-order chi connectivity index (χ0) is 12.5. The Morgan fingerprint density at radius 3 is 2.65 bits per heavy atom. The topological polar surface area (TPSA) is 34.2 Å².